The second-order valence-corrected chi connectivity index (χ2v) is 4.85. The number of hydrogen-bond donors (Lipinski definition) is 1. The summed E-state index contributed by atoms with van der Waals surface area (Å²) < 4.78 is 0. The predicted octanol–water partition coefficient (Wildman–Crippen LogP) is 2.91. The zero-order valence-corrected chi connectivity index (χ0v) is 10.6. The summed E-state index contributed by atoms with van der Waals surface area (Å²) in [5.74, 6) is 0.629. The van der Waals surface area contributed by atoms with E-state index in [4.69, 9.17) is 5.73 Å². The fraction of sp³-hybridized carbons (Fsp3) is 0.357. The van der Waals surface area contributed by atoms with E-state index in [9.17, 15) is 0 Å². The molecule has 0 atom stereocenters. The molecule has 0 aliphatic carbocycles. The Bertz CT molecular complexity index is 520. The third-order valence-corrected chi connectivity index (χ3v) is 2.83. The van der Waals surface area contributed by atoms with Gasteiger partial charge in [0.15, 0.2) is 0 Å². The predicted molar refractivity (Wildman–Crippen MR) is 74.3 cm³/mol. The number of pyridine rings is 1. The number of benzene rings is 1. The van der Waals surface area contributed by atoms with E-state index in [1.807, 2.05) is 12.1 Å². The highest BCUT2D eigenvalue weighted by Crippen LogP contribution is 2.28. The second-order valence-electron chi connectivity index (χ2n) is 4.85. The van der Waals surface area contributed by atoms with E-state index >= 15 is 0 Å². The van der Waals surface area contributed by atoms with Crippen molar-refractivity contribution in [3.05, 3.63) is 30.5 Å². The summed E-state index contributed by atoms with van der Waals surface area (Å²) in [6.45, 7) is 5.45. The van der Waals surface area contributed by atoms with Gasteiger partial charge in [-0.1, -0.05) is 13.8 Å². The molecule has 0 fully saturated rings. The topological polar surface area (TPSA) is 42.1 Å². The van der Waals surface area contributed by atoms with Crippen LogP contribution in [0.25, 0.3) is 10.9 Å². The molecule has 17 heavy (non-hydrogen) atoms. The van der Waals surface area contributed by atoms with E-state index in [0.717, 1.165) is 23.1 Å². The number of nitrogen functional groups attached to an aromatic ring is 1. The average Bonchev–Trinajstić information content (AvgIpc) is 2.29. The molecule has 1 aromatic heterocycles. The number of hydrogen-bond acceptors (Lipinski definition) is 3. The van der Waals surface area contributed by atoms with Crippen molar-refractivity contribution in [2.45, 2.75) is 13.8 Å². The van der Waals surface area contributed by atoms with Crippen molar-refractivity contribution >= 4 is 22.3 Å². The molecular weight excluding hydrogens is 210 g/mol. The van der Waals surface area contributed by atoms with Gasteiger partial charge in [0, 0.05) is 30.9 Å². The maximum atomic E-state index is 5.95. The first kappa shape index (κ1) is 11.7. The lowest BCUT2D eigenvalue weighted by Crippen LogP contribution is -2.22. The Kier molecular flexibility index (Phi) is 3.18. The third kappa shape index (κ3) is 2.33. The molecule has 0 unspecified atom stereocenters. The van der Waals surface area contributed by atoms with Crippen LogP contribution in [0.5, 0.6) is 0 Å². The Morgan fingerprint density at radius 3 is 2.76 bits per heavy atom. The summed E-state index contributed by atoms with van der Waals surface area (Å²) in [6.07, 6.45) is 1.78. The van der Waals surface area contributed by atoms with Crippen LogP contribution >= 0.6 is 0 Å². The third-order valence-electron chi connectivity index (χ3n) is 2.83. The first-order valence-corrected chi connectivity index (χ1v) is 5.94. The zero-order valence-electron chi connectivity index (χ0n) is 10.6. The molecule has 0 saturated carbocycles. The number of anilines is 2. The molecule has 1 aromatic carbocycles. The van der Waals surface area contributed by atoms with Crippen molar-refractivity contribution in [3.63, 3.8) is 0 Å². The van der Waals surface area contributed by atoms with Crippen LogP contribution in [0.4, 0.5) is 11.4 Å². The Morgan fingerprint density at radius 2 is 2.06 bits per heavy atom. The molecule has 0 amide bonds. The van der Waals surface area contributed by atoms with Crippen molar-refractivity contribution in [3.8, 4) is 0 Å². The zero-order chi connectivity index (χ0) is 12.4. The maximum absolute atomic E-state index is 5.95. The molecule has 2 rings (SSSR count). The van der Waals surface area contributed by atoms with Gasteiger partial charge in [0.05, 0.1) is 11.2 Å². The van der Waals surface area contributed by atoms with Gasteiger partial charge < -0.3 is 10.6 Å². The van der Waals surface area contributed by atoms with Crippen LogP contribution in [0.1, 0.15) is 13.8 Å². The fourth-order valence-electron chi connectivity index (χ4n) is 2.16. The van der Waals surface area contributed by atoms with E-state index in [1.54, 1.807) is 6.20 Å². The van der Waals surface area contributed by atoms with Crippen molar-refractivity contribution in [2.24, 2.45) is 5.92 Å². The summed E-state index contributed by atoms with van der Waals surface area (Å²) in [7, 11) is 2.11. The van der Waals surface area contributed by atoms with Gasteiger partial charge in [-0.05, 0) is 30.2 Å². The van der Waals surface area contributed by atoms with Crippen molar-refractivity contribution < 1.29 is 0 Å². The van der Waals surface area contributed by atoms with Crippen LogP contribution in [0.3, 0.4) is 0 Å². The second kappa shape index (κ2) is 4.62. The number of nitrogens with zero attached hydrogens (tertiary/aromatic N) is 2. The molecule has 0 saturated heterocycles. The highest BCUT2D eigenvalue weighted by Gasteiger charge is 2.09. The lowest BCUT2D eigenvalue weighted by molar-refractivity contribution is 0.639. The SMILES string of the molecule is CC(C)CN(C)c1ccc(N)c2ncccc12. The minimum Gasteiger partial charge on any atom is -0.397 e. The maximum Gasteiger partial charge on any atom is 0.0951 e. The number of rotatable bonds is 3. The largest absolute Gasteiger partial charge is 0.397 e. The quantitative estimate of drug-likeness (QED) is 0.823. The lowest BCUT2D eigenvalue weighted by Gasteiger charge is -2.23. The molecule has 3 nitrogen and oxygen atoms in total. The Labute approximate surface area is 102 Å². The van der Waals surface area contributed by atoms with Gasteiger partial charge in [-0.15, -0.1) is 0 Å². The first-order chi connectivity index (χ1) is 8.09. The smallest absolute Gasteiger partial charge is 0.0951 e. The van der Waals surface area contributed by atoms with Gasteiger partial charge >= 0.3 is 0 Å². The van der Waals surface area contributed by atoms with Gasteiger partial charge in [0.2, 0.25) is 0 Å². The fourth-order valence-corrected chi connectivity index (χ4v) is 2.16. The van der Waals surface area contributed by atoms with Crippen LogP contribution in [0.2, 0.25) is 0 Å². The number of nitrogens with two attached hydrogens (primary N) is 1. The summed E-state index contributed by atoms with van der Waals surface area (Å²) in [5.41, 5.74) is 8.76. The van der Waals surface area contributed by atoms with Crippen molar-refractivity contribution in [1.29, 1.82) is 0 Å². The molecule has 0 spiro atoms. The van der Waals surface area contributed by atoms with Gasteiger partial charge in [-0.3, -0.25) is 4.98 Å². The summed E-state index contributed by atoms with van der Waals surface area (Å²) >= 11 is 0. The molecule has 0 bridgehead atoms. The standard InChI is InChI=1S/C14H19N3/c1-10(2)9-17(3)13-7-6-12(15)14-11(13)5-4-8-16-14/h4-8,10H,9,15H2,1-3H3. The van der Waals surface area contributed by atoms with Crippen molar-refractivity contribution in [1.82, 2.24) is 4.98 Å². The Balaban J connectivity index is 2.51. The van der Waals surface area contributed by atoms with E-state index in [1.165, 1.54) is 5.69 Å². The van der Waals surface area contributed by atoms with Crippen LogP contribution in [-0.4, -0.2) is 18.6 Å². The monoisotopic (exact) mass is 229 g/mol. The minimum absolute atomic E-state index is 0.629. The molecule has 90 valence electrons. The van der Waals surface area contributed by atoms with E-state index in [2.05, 4.69) is 42.9 Å². The van der Waals surface area contributed by atoms with E-state index in [0.29, 0.717) is 5.92 Å². The van der Waals surface area contributed by atoms with Gasteiger partial charge in [0.1, 0.15) is 0 Å². The molecule has 2 aromatic rings. The lowest BCUT2D eigenvalue weighted by atomic mass is 10.1. The molecular formula is C14H19N3. The molecule has 0 aliphatic rings. The Morgan fingerprint density at radius 1 is 1.29 bits per heavy atom. The first-order valence-electron chi connectivity index (χ1n) is 5.94. The van der Waals surface area contributed by atoms with Crippen LogP contribution in [-0.2, 0) is 0 Å². The average molecular weight is 229 g/mol. The molecule has 0 radical (unpaired) electrons. The van der Waals surface area contributed by atoms with E-state index < -0.39 is 0 Å². The van der Waals surface area contributed by atoms with Crippen molar-refractivity contribution in [2.75, 3.05) is 24.2 Å². The van der Waals surface area contributed by atoms with Crippen LogP contribution in [0, 0.1) is 5.92 Å². The number of fused-ring (bicyclic) bond motifs is 1. The van der Waals surface area contributed by atoms with Crippen LogP contribution in [0.15, 0.2) is 30.5 Å². The Hall–Kier alpha value is -1.77. The van der Waals surface area contributed by atoms with Crippen LogP contribution < -0.4 is 10.6 Å². The highest BCUT2D eigenvalue weighted by atomic mass is 15.1. The highest BCUT2D eigenvalue weighted by molar-refractivity contribution is 5.98. The molecule has 1 heterocycles. The summed E-state index contributed by atoms with van der Waals surface area (Å²) in [5, 5.41) is 1.12. The normalized spacial score (nSPS) is 11.1. The van der Waals surface area contributed by atoms with Gasteiger partial charge in [-0.25, -0.2) is 0 Å². The van der Waals surface area contributed by atoms with Gasteiger partial charge in [-0.2, -0.15) is 0 Å². The molecule has 3 heteroatoms. The minimum atomic E-state index is 0.629. The summed E-state index contributed by atoms with van der Waals surface area (Å²) in [4.78, 5) is 6.61. The van der Waals surface area contributed by atoms with E-state index in [-0.39, 0.29) is 0 Å². The van der Waals surface area contributed by atoms with Gasteiger partial charge in [0.25, 0.3) is 0 Å². The number of aromatic nitrogens is 1. The molecule has 0 aliphatic heterocycles. The molecule has 2 N–H and O–H groups in total. The summed E-state index contributed by atoms with van der Waals surface area (Å²) in [6, 6.07) is 8.03.